The van der Waals surface area contributed by atoms with Crippen molar-refractivity contribution in [3.8, 4) is 0 Å². The molecule has 5 nitrogen and oxygen atoms in total. The van der Waals surface area contributed by atoms with Gasteiger partial charge in [0.15, 0.2) is 0 Å². The zero-order valence-corrected chi connectivity index (χ0v) is 9.08. The number of nitrogens with one attached hydrogen (secondary N) is 2. The van der Waals surface area contributed by atoms with Gasteiger partial charge in [0.25, 0.3) is 0 Å². The van der Waals surface area contributed by atoms with E-state index in [2.05, 4.69) is 15.7 Å². The fourth-order valence-electron chi connectivity index (χ4n) is 1.83. The van der Waals surface area contributed by atoms with Crippen LogP contribution in [0.4, 0.5) is 5.82 Å². The molecule has 5 heteroatoms. The highest BCUT2D eigenvalue weighted by Crippen LogP contribution is 2.13. The number of hydrogen-bond acceptors (Lipinski definition) is 3. The van der Waals surface area contributed by atoms with Crippen LogP contribution in [0.1, 0.15) is 12.1 Å². The van der Waals surface area contributed by atoms with Crippen LogP contribution < -0.4 is 10.6 Å². The predicted molar refractivity (Wildman–Crippen MR) is 57.6 cm³/mol. The molecule has 1 amide bonds. The summed E-state index contributed by atoms with van der Waals surface area (Å²) in [7, 11) is 1.83. The second-order valence-corrected chi connectivity index (χ2v) is 3.97. The first-order valence-electron chi connectivity index (χ1n) is 5.19. The van der Waals surface area contributed by atoms with E-state index in [-0.39, 0.29) is 11.8 Å². The molecule has 0 spiro atoms. The zero-order valence-electron chi connectivity index (χ0n) is 9.08. The number of carbonyl (C=O) groups is 1. The molecule has 0 aliphatic carbocycles. The average Bonchev–Trinajstić information content (AvgIpc) is 2.76. The number of amides is 1. The first-order valence-corrected chi connectivity index (χ1v) is 5.19. The molecule has 82 valence electrons. The Kier molecular flexibility index (Phi) is 2.73. The molecular weight excluding hydrogens is 192 g/mol. The highest BCUT2D eigenvalue weighted by atomic mass is 16.2. The highest BCUT2D eigenvalue weighted by molar-refractivity contribution is 5.92. The van der Waals surface area contributed by atoms with Gasteiger partial charge < -0.3 is 10.6 Å². The second kappa shape index (κ2) is 4.02. The molecule has 15 heavy (non-hydrogen) atoms. The van der Waals surface area contributed by atoms with Crippen LogP contribution in [-0.2, 0) is 11.8 Å². The van der Waals surface area contributed by atoms with Gasteiger partial charge in [0, 0.05) is 19.7 Å². The molecule has 1 aromatic heterocycles. The van der Waals surface area contributed by atoms with Gasteiger partial charge in [0.05, 0.1) is 11.6 Å². The number of rotatable bonds is 2. The number of aryl methyl sites for hydroxylation is 2. The molecule has 2 heterocycles. The Morgan fingerprint density at radius 3 is 3.07 bits per heavy atom. The summed E-state index contributed by atoms with van der Waals surface area (Å²) < 4.78 is 1.69. The monoisotopic (exact) mass is 208 g/mol. The molecule has 0 unspecified atom stereocenters. The quantitative estimate of drug-likeness (QED) is 0.733. The van der Waals surface area contributed by atoms with Crippen molar-refractivity contribution in [1.82, 2.24) is 15.1 Å². The third kappa shape index (κ3) is 2.18. The summed E-state index contributed by atoms with van der Waals surface area (Å²) >= 11 is 0. The molecule has 1 aromatic rings. The number of aromatic nitrogens is 2. The van der Waals surface area contributed by atoms with E-state index in [1.807, 2.05) is 20.0 Å². The van der Waals surface area contributed by atoms with Crippen molar-refractivity contribution in [2.45, 2.75) is 13.3 Å². The van der Waals surface area contributed by atoms with E-state index in [4.69, 9.17) is 0 Å². The zero-order chi connectivity index (χ0) is 10.8. The largest absolute Gasteiger partial charge is 0.316 e. The van der Waals surface area contributed by atoms with Gasteiger partial charge in [-0.25, -0.2) is 0 Å². The molecular formula is C10H16N4O. The summed E-state index contributed by atoms with van der Waals surface area (Å²) in [6.45, 7) is 3.62. The van der Waals surface area contributed by atoms with Gasteiger partial charge in [-0.05, 0) is 19.9 Å². The summed E-state index contributed by atoms with van der Waals surface area (Å²) in [6.07, 6.45) is 0.919. The predicted octanol–water partition coefficient (Wildman–Crippen LogP) is 0.277. The third-order valence-electron chi connectivity index (χ3n) is 2.68. The normalized spacial score (nSPS) is 20.5. The Morgan fingerprint density at radius 2 is 2.53 bits per heavy atom. The first-order chi connectivity index (χ1) is 7.16. The van der Waals surface area contributed by atoms with E-state index in [0.717, 1.165) is 31.0 Å². The lowest BCUT2D eigenvalue weighted by Gasteiger charge is -2.09. The topological polar surface area (TPSA) is 59.0 Å². The van der Waals surface area contributed by atoms with Crippen molar-refractivity contribution < 1.29 is 4.79 Å². The minimum absolute atomic E-state index is 0.0861. The van der Waals surface area contributed by atoms with Gasteiger partial charge in [0.1, 0.15) is 5.82 Å². The molecule has 1 fully saturated rings. The lowest BCUT2D eigenvalue weighted by atomic mass is 10.1. The number of hydrogen-bond donors (Lipinski definition) is 2. The maximum absolute atomic E-state index is 11.8. The summed E-state index contributed by atoms with van der Waals surface area (Å²) in [5, 5.41) is 10.2. The number of nitrogens with zero attached hydrogens (tertiary/aromatic N) is 2. The van der Waals surface area contributed by atoms with E-state index < -0.39 is 0 Å². The molecule has 0 aromatic carbocycles. The van der Waals surface area contributed by atoms with Crippen LogP contribution in [0, 0.1) is 12.8 Å². The maximum atomic E-state index is 11.8. The fourth-order valence-corrected chi connectivity index (χ4v) is 1.83. The van der Waals surface area contributed by atoms with Gasteiger partial charge in [-0.1, -0.05) is 0 Å². The molecule has 0 radical (unpaired) electrons. The van der Waals surface area contributed by atoms with Crippen LogP contribution in [0.25, 0.3) is 0 Å². The summed E-state index contributed by atoms with van der Waals surface area (Å²) in [4.78, 5) is 11.8. The summed E-state index contributed by atoms with van der Waals surface area (Å²) in [5.41, 5.74) is 0.914. The molecule has 2 N–H and O–H groups in total. The lowest BCUT2D eigenvalue weighted by molar-refractivity contribution is -0.119. The van der Waals surface area contributed by atoms with Crippen LogP contribution in [-0.4, -0.2) is 28.8 Å². The lowest BCUT2D eigenvalue weighted by Crippen LogP contribution is -2.25. The molecule has 0 saturated carbocycles. The van der Waals surface area contributed by atoms with E-state index in [0.29, 0.717) is 0 Å². The van der Waals surface area contributed by atoms with Crippen LogP contribution in [0.5, 0.6) is 0 Å². The van der Waals surface area contributed by atoms with Crippen molar-refractivity contribution in [3.05, 3.63) is 11.8 Å². The highest BCUT2D eigenvalue weighted by Gasteiger charge is 2.22. The van der Waals surface area contributed by atoms with Gasteiger partial charge in [-0.15, -0.1) is 0 Å². The van der Waals surface area contributed by atoms with Crippen LogP contribution in [0.3, 0.4) is 0 Å². The van der Waals surface area contributed by atoms with Crippen LogP contribution >= 0.6 is 0 Å². The van der Waals surface area contributed by atoms with Gasteiger partial charge in [-0.2, -0.15) is 5.10 Å². The number of carbonyl (C=O) groups excluding carboxylic acids is 1. The van der Waals surface area contributed by atoms with E-state index >= 15 is 0 Å². The van der Waals surface area contributed by atoms with Crippen LogP contribution in [0.2, 0.25) is 0 Å². The Morgan fingerprint density at radius 1 is 1.73 bits per heavy atom. The standard InChI is InChI=1S/C10H16N4O/c1-7-5-9(14(2)13-7)12-10(15)8-3-4-11-6-8/h5,8,11H,3-4,6H2,1-2H3,(H,12,15)/t8-/m0/s1. The van der Waals surface area contributed by atoms with Crippen molar-refractivity contribution in [2.24, 2.45) is 13.0 Å². The molecule has 1 saturated heterocycles. The summed E-state index contributed by atoms with van der Waals surface area (Å²) in [6, 6.07) is 1.88. The van der Waals surface area contributed by atoms with Crippen LogP contribution in [0.15, 0.2) is 6.07 Å². The minimum atomic E-state index is 0.0861. The van der Waals surface area contributed by atoms with E-state index in [1.54, 1.807) is 4.68 Å². The fraction of sp³-hybridized carbons (Fsp3) is 0.600. The second-order valence-electron chi connectivity index (χ2n) is 3.97. The molecule has 2 rings (SSSR count). The Hall–Kier alpha value is -1.36. The minimum Gasteiger partial charge on any atom is -0.316 e. The van der Waals surface area contributed by atoms with E-state index in [1.165, 1.54) is 0 Å². The van der Waals surface area contributed by atoms with Crippen molar-refractivity contribution in [3.63, 3.8) is 0 Å². The molecule has 0 bridgehead atoms. The Labute approximate surface area is 88.8 Å². The van der Waals surface area contributed by atoms with Crippen molar-refractivity contribution in [2.75, 3.05) is 18.4 Å². The molecule has 1 atom stereocenters. The van der Waals surface area contributed by atoms with Crippen molar-refractivity contribution in [1.29, 1.82) is 0 Å². The molecule has 1 aliphatic rings. The van der Waals surface area contributed by atoms with Crippen molar-refractivity contribution >= 4 is 11.7 Å². The van der Waals surface area contributed by atoms with Gasteiger partial charge in [-0.3, -0.25) is 9.48 Å². The summed E-state index contributed by atoms with van der Waals surface area (Å²) in [5.74, 6) is 0.951. The first kappa shape index (κ1) is 10.2. The number of anilines is 1. The third-order valence-corrected chi connectivity index (χ3v) is 2.68. The average molecular weight is 208 g/mol. The molecule has 1 aliphatic heterocycles. The van der Waals surface area contributed by atoms with E-state index in [9.17, 15) is 4.79 Å². The smallest absolute Gasteiger partial charge is 0.229 e. The van der Waals surface area contributed by atoms with Gasteiger partial charge >= 0.3 is 0 Å². The maximum Gasteiger partial charge on any atom is 0.229 e. The Bertz CT molecular complexity index is 365. The van der Waals surface area contributed by atoms with Gasteiger partial charge in [0.2, 0.25) is 5.91 Å². The SMILES string of the molecule is Cc1cc(NC(=O)[C@H]2CCNC2)n(C)n1. The Balaban J connectivity index is 2.01.